The molecule has 2 aromatic heterocycles. The van der Waals surface area contributed by atoms with Gasteiger partial charge in [-0.25, -0.2) is 4.98 Å². The molecule has 3 heteroatoms. The predicted octanol–water partition coefficient (Wildman–Crippen LogP) is 2.97. The molecule has 0 saturated carbocycles. The van der Waals surface area contributed by atoms with Crippen molar-refractivity contribution in [2.75, 3.05) is 0 Å². The van der Waals surface area contributed by atoms with Crippen LogP contribution in [0.3, 0.4) is 0 Å². The first-order valence-corrected chi connectivity index (χ1v) is 4.67. The average Bonchev–Trinajstić information content (AvgIpc) is 2.73. The molecule has 14 heavy (non-hydrogen) atoms. The van der Waals surface area contributed by atoms with Crippen LogP contribution < -0.4 is 0 Å². The van der Waals surface area contributed by atoms with Gasteiger partial charge in [0.1, 0.15) is 0 Å². The summed E-state index contributed by atoms with van der Waals surface area (Å²) in [5.74, 6) is 1.59. The summed E-state index contributed by atoms with van der Waals surface area (Å²) in [7, 11) is 0. The van der Waals surface area contributed by atoms with Crippen LogP contribution in [0.25, 0.3) is 11.3 Å². The molecule has 0 unspecified atom stereocenters. The van der Waals surface area contributed by atoms with Crippen LogP contribution in [0.5, 0.6) is 0 Å². The first kappa shape index (κ1) is 9.06. The third kappa shape index (κ3) is 1.58. The van der Waals surface area contributed by atoms with Crippen LogP contribution in [0.2, 0.25) is 0 Å². The van der Waals surface area contributed by atoms with Crippen LogP contribution in [0.15, 0.2) is 29.1 Å². The van der Waals surface area contributed by atoms with E-state index >= 15 is 0 Å². The zero-order chi connectivity index (χ0) is 10.2. The number of rotatable bonds is 1. The summed E-state index contributed by atoms with van der Waals surface area (Å²) in [6.45, 7) is 6.25. The second-order valence-electron chi connectivity index (χ2n) is 4.38. The quantitative estimate of drug-likeness (QED) is 0.751. The van der Waals surface area contributed by atoms with Gasteiger partial charge >= 0.3 is 0 Å². The average molecular weight is 190 g/mol. The van der Waals surface area contributed by atoms with E-state index in [0.717, 1.165) is 17.2 Å². The molecule has 0 fully saturated rings. The highest BCUT2D eigenvalue weighted by atomic mass is 16.4. The molecule has 3 nitrogen and oxygen atoms in total. The van der Waals surface area contributed by atoms with Gasteiger partial charge in [-0.2, -0.15) is 0 Å². The lowest BCUT2D eigenvalue weighted by molar-refractivity contribution is 0.399. The molecule has 0 spiro atoms. The van der Waals surface area contributed by atoms with Crippen LogP contribution in [-0.4, -0.2) is 9.97 Å². The van der Waals surface area contributed by atoms with Crippen molar-refractivity contribution in [1.29, 1.82) is 0 Å². The van der Waals surface area contributed by atoms with E-state index in [1.807, 2.05) is 18.5 Å². The fourth-order valence-corrected chi connectivity index (χ4v) is 1.23. The molecule has 0 amide bonds. The highest BCUT2D eigenvalue weighted by Gasteiger charge is 2.20. The van der Waals surface area contributed by atoms with Gasteiger partial charge in [0, 0.05) is 23.4 Å². The van der Waals surface area contributed by atoms with E-state index < -0.39 is 0 Å². The molecule has 0 radical (unpaired) electrons. The minimum Gasteiger partial charge on any atom is -0.440 e. The molecule has 2 rings (SSSR count). The Hall–Kier alpha value is -1.51. The van der Waals surface area contributed by atoms with E-state index in [4.69, 9.17) is 4.42 Å². The molecule has 0 aliphatic heterocycles. The largest absolute Gasteiger partial charge is 0.440 e. The Morgan fingerprint density at radius 2 is 2.14 bits per heavy atom. The zero-order valence-electron chi connectivity index (χ0n) is 8.66. The predicted molar refractivity (Wildman–Crippen MR) is 55.0 cm³/mol. The minimum absolute atomic E-state index is 0.0332. The molecule has 0 bridgehead atoms. The van der Waals surface area contributed by atoms with Crippen molar-refractivity contribution < 1.29 is 4.42 Å². The van der Waals surface area contributed by atoms with Crippen molar-refractivity contribution in [2.45, 2.75) is 26.2 Å². The number of H-pyrrole nitrogens is 1. The topological polar surface area (TPSA) is 41.8 Å². The van der Waals surface area contributed by atoms with Gasteiger partial charge in [-0.1, -0.05) is 20.8 Å². The fourth-order valence-electron chi connectivity index (χ4n) is 1.23. The van der Waals surface area contributed by atoms with Crippen molar-refractivity contribution >= 4 is 0 Å². The molecule has 1 N–H and O–H groups in total. The van der Waals surface area contributed by atoms with Crippen LogP contribution in [0.1, 0.15) is 26.7 Å². The Morgan fingerprint density at radius 3 is 2.64 bits per heavy atom. The Morgan fingerprint density at radius 1 is 1.36 bits per heavy atom. The maximum Gasteiger partial charge on any atom is 0.200 e. The smallest absolute Gasteiger partial charge is 0.200 e. The maximum atomic E-state index is 5.66. The number of hydrogen-bond acceptors (Lipinski definition) is 2. The molecule has 0 aromatic carbocycles. The summed E-state index contributed by atoms with van der Waals surface area (Å²) >= 11 is 0. The molecule has 0 saturated heterocycles. The van der Waals surface area contributed by atoms with Crippen LogP contribution in [0, 0.1) is 0 Å². The minimum atomic E-state index is -0.0332. The number of hydrogen-bond donors (Lipinski definition) is 1. The third-order valence-electron chi connectivity index (χ3n) is 2.03. The number of nitrogens with one attached hydrogen (secondary N) is 1. The van der Waals surface area contributed by atoms with Crippen molar-refractivity contribution in [3.63, 3.8) is 0 Å². The Kier molecular flexibility index (Phi) is 1.95. The Bertz CT molecular complexity index is 407. The third-order valence-corrected chi connectivity index (χ3v) is 2.03. The summed E-state index contributed by atoms with van der Waals surface area (Å²) in [5.41, 5.74) is 1.00. The second-order valence-corrected chi connectivity index (χ2v) is 4.38. The summed E-state index contributed by atoms with van der Waals surface area (Å²) in [5, 5.41) is 0. The van der Waals surface area contributed by atoms with E-state index in [0.29, 0.717) is 0 Å². The molecule has 2 aromatic rings. The van der Waals surface area contributed by atoms with E-state index in [2.05, 4.69) is 30.7 Å². The number of nitrogens with zero attached hydrogens (tertiary/aromatic N) is 1. The van der Waals surface area contributed by atoms with Gasteiger partial charge < -0.3 is 9.40 Å². The molecule has 0 aliphatic carbocycles. The first-order chi connectivity index (χ1) is 6.57. The molecular weight excluding hydrogens is 176 g/mol. The lowest BCUT2D eigenvalue weighted by Gasteiger charge is -2.11. The van der Waals surface area contributed by atoms with Crippen LogP contribution in [0.4, 0.5) is 0 Å². The van der Waals surface area contributed by atoms with Gasteiger partial charge in [0.15, 0.2) is 11.7 Å². The summed E-state index contributed by atoms with van der Waals surface area (Å²) in [6, 6.07) is 1.97. The summed E-state index contributed by atoms with van der Waals surface area (Å²) < 4.78 is 5.66. The summed E-state index contributed by atoms with van der Waals surface area (Å²) in [4.78, 5) is 7.25. The SMILES string of the molecule is CC(C)(C)c1ncc(-c2cc[nH]c2)o1. The molecule has 0 atom stereocenters. The lowest BCUT2D eigenvalue weighted by Crippen LogP contribution is -2.10. The van der Waals surface area contributed by atoms with Crippen molar-refractivity contribution in [3.8, 4) is 11.3 Å². The van der Waals surface area contributed by atoms with Crippen LogP contribution in [-0.2, 0) is 5.41 Å². The van der Waals surface area contributed by atoms with Gasteiger partial charge in [-0.15, -0.1) is 0 Å². The molecule has 0 aliphatic rings. The van der Waals surface area contributed by atoms with Crippen molar-refractivity contribution in [3.05, 3.63) is 30.5 Å². The molecule has 74 valence electrons. The van der Waals surface area contributed by atoms with Crippen molar-refractivity contribution in [1.82, 2.24) is 9.97 Å². The van der Waals surface area contributed by atoms with E-state index in [9.17, 15) is 0 Å². The monoisotopic (exact) mass is 190 g/mol. The highest BCUT2D eigenvalue weighted by molar-refractivity contribution is 5.54. The van der Waals surface area contributed by atoms with E-state index in [1.54, 1.807) is 6.20 Å². The standard InChI is InChI=1S/C11H14N2O/c1-11(2,3)10-13-7-9(14-10)8-4-5-12-6-8/h4-7,12H,1-3H3. The van der Waals surface area contributed by atoms with Crippen molar-refractivity contribution in [2.24, 2.45) is 0 Å². The Balaban J connectivity index is 2.36. The maximum absolute atomic E-state index is 5.66. The number of oxazole rings is 1. The zero-order valence-corrected chi connectivity index (χ0v) is 8.66. The molecule has 2 heterocycles. The van der Waals surface area contributed by atoms with E-state index in [1.165, 1.54) is 0 Å². The highest BCUT2D eigenvalue weighted by Crippen LogP contribution is 2.26. The van der Waals surface area contributed by atoms with Gasteiger partial charge in [0.2, 0.25) is 0 Å². The van der Waals surface area contributed by atoms with Crippen LogP contribution >= 0.6 is 0 Å². The lowest BCUT2D eigenvalue weighted by atomic mass is 9.97. The van der Waals surface area contributed by atoms with Gasteiger partial charge in [0.25, 0.3) is 0 Å². The van der Waals surface area contributed by atoms with E-state index in [-0.39, 0.29) is 5.41 Å². The second kappa shape index (κ2) is 3.01. The molecular formula is C11H14N2O. The number of aromatic nitrogens is 2. The fraction of sp³-hybridized carbons (Fsp3) is 0.364. The van der Waals surface area contributed by atoms with Gasteiger partial charge in [-0.05, 0) is 6.07 Å². The first-order valence-electron chi connectivity index (χ1n) is 4.67. The van der Waals surface area contributed by atoms with Gasteiger partial charge in [0.05, 0.1) is 6.20 Å². The Labute approximate surface area is 83.2 Å². The summed E-state index contributed by atoms with van der Waals surface area (Å²) in [6.07, 6.45) is 5.53. The van der Waals surface area contributed by atoms with Gasteiger partial charge in [-0.3, -0.25) is 0 Å². The number of aromatic amines is 1. The normalized spacial score (nSPS) is 11.9.